The highest BCUT2D eigenvalue weighted by molar-refractivity contribution is 6.06. The molecule has 2 nitrogen and oxygen atoms in total. The maximum absolute atomic E-state index is 11.6. The van der Waals surface area contributed by atoms with Crippen LogP contribution in [0.2, 0.25) is 0 Å². The van der Waals surface area contributed by atoms with Gasteiger partial charge in [-0.25, -0.2) is 0 Å². The van der Waals surface area contributed by atoms with Gasteiger partial charge in [0.05, 0.1) is 12.2 Å². The van der Waals surface area contributed by atoms with E-state index in [1.165, 1.54) is 0 Å². The van der Waals surface area contributed by atoms with Gasteiger partial charge in [-0.2, -0.15) is 0 Å². The van der Waals surface area contributed by atoms with Crippen molar-refractivity contribution in [1.29, 1.82) is 0 Å². The summed E-state index contributed by atoms with van der Waals surface area (Å²) in [5.41, 5.74) is 1.82. The van der Waals surface area contributed by atoms with Crippen LogP contribution in [0.5, 0.6) is 5.75 Å². The molecule has 0 spiro atoms. The third-order valence-corrected chi connectivity index (χ3v) is 2.30. The molecule has 0 amide bonds. The Hall–Kier alpha value is -1.57. The van der Waals surface area contributed by atoms with E-state index in [0.29, 0.717) is 12.2 Å². The number of rotatable bonds is 2. The summed E-state index contributed by atoms with van der Waals surface area (Å²) in [7, 11) is 0. The Balaban J connectivity index is 2.44. The summed E-state index contributed by atoms with van der Waals surface area (Å²) >= 11 is 0. The summed E-state index contributed by atoms with van der Waals surface area (Å²) in [6.07, 6.45) is 4.22. The Kier molecular flexibility index (Phi) is 2.35. The molecule has 0 atom stereocenters. The van der Waals surface area contributed by atoms with E-state index in [9.17, 15) is 4.79 Å². The number of ketones is 1. The van der Waals surface area contributed by atoms with Crippen LogP contribution in [0.15, 0.2) is 30.4 Å². The maximum atomic E-state index is 11.6. The molecule has 72 valence electrons. The summed E-state index contributed by atoms with van der Waals surface area (Å²) in [5.74, 6) is 0.793. The van der Waals surface area contributed by atoms with E-state index in [2.05, 4.69) is 0 Å². The molecule has 1 heterocycles. The maximum Gasteiger partial charge on any atom is 0.189 e. The number of allylic oxidation sites excluding steroid dienone is 2. The fourth-order valence-corrected chi connectivity index (χ4v) is 1.65. The number of carbonyl (C=O) groups excluding carboxylic acids is 1. The minimum absolute atomic E-state index is 0.0197. The minimum Gasteiger partial charge on any atom is -0.492 e. The predicted octanol–water partition coefficient (Wildman–Crippen LogP) is 2.38. The normalized spacial score (nSPS) is 14.1. The van der Waals surface area contributed by atoms with Crippen molar-refractivity contribution in [1.82, 2.24) is 0 Å². The van der Waals surface area contributed by atoms with E-state index in [1.807, 2.05) is 25.1 Å². The number of para-hydroxylation sites is 1. The van der Waals surface area contributed by atoms with Crippen LogP contribution in [-0.4, -0.2) is 12.4 Å². The molecule has 0 bridgehead atoms. The Morgan fingerprint density at radius 2 is 2.36 bits per heavy atom. The molecule has 0 N–H and O–H groups in total. The van der Waals surface area contributed by atoms with Gasteiger partial charge in [-0.3, -0.25) is 4.79 Å². The van der Waals surface area contributed by atoms with E-state index < -0.39 is 0 Å². The van der Waals surface area contributed by atoms with Crippen LogP contribution in [0.4, 0.5) is 0 Å². The van der Waals surface area contributed by atoms with Gasteiger partial charge >= 0.3 is 0 Å². The van der Waals surface area contributed by atoms with Gasteiger partial charge in [0.15, 0.2) is 5.78 Å². The fourth-order valence-electron chi connectivity index (χ4n) is 1.65. The molecule has 0 aromatic heterocycles. The van der Waals surface area contributed by atoms with Crippen molar-refractivity contribution in [3.05, 3.63) is 41.5 Å². The number of hydrogen-bond acceptors (Lipinski definition) is 2. The largest absolute Gasteiger partial charge is 0.492 e. The molecule has 1 aliphatic heterocycles. The lowest BCUT2D eigenvalue weighted by Crippen LogP contribution is -1.98. The minimum atomic E-state index is 0.0197. The molecule has 2 rings (SSSR count). The fraction of sp³-hybridized carbons (Fsp3) is 0.250. The van der Waals surface area contributed by atoms with Crippen LogP contribution < -0.4 is 4.74 Å². The summed E-state index contributed by atoms with van der Waals surface area (Å²) in [5, 5.41) is 0. The average Bonchev–Trinajstić information content (AvgIpc) is 2.65. The number of carbonyl (C=O) groups is 1. The molecular formula is C12H12O2. The SMILES string of the molecule is C/C=C/C(=O)c1cccc2c1OCC2. The second-order valence-electron chi connectivity index (χ2n) is 3.26. The van der Waals surface area contributed by atoms with Crippen LogP contribution >= 0.6 is 0 Å². The van der Waals surface area contributed by atoms with Crippen LogP contribution in [-0.2, 0) is 6.42 Å². The van der Waals surface area contributed by atoms with Crippen LogP contribution in [0.25, 0.3) is 0 Å². The molecule has 0 unspecified atom stereocenters. The monoisotopic (exact) mass is 188 g/mol. The van der Waals surface area contributed by atoms with Crippen molar-refractivity contribution < 1.29 is 9.53 Å². The van der Waals surface area contributed by atoms with E-state index in [1.54, 1.807) is 12.2 Å². The smallest absolute Gasteiger partial charge is 0.189 e. The molecule has 0 saturated heterocycles. The summed E-state index contributed by atoms with van der Waals surface area (Å²) in [6.45, 7) is 2.53. The summed E-state index contributed by atoms with van der Waals surface area (Å²) < 4.78 is 5.44. The number of ether oxygens (including phenoxy) is 1. The lowest BCUT2D eigenvalue weighted by atomic mass is 10.0. The first-order valence-electron chi connectivity index (χ1n) is 4.74. The van der Waals surface area contributed by atoms with Crippen molar-refractivity contribution in [2.24, 2.45) is 0 Å². The third-order valence-electron chi connectivity index (χ3n) is 2.30. The highest BCUT2D eigenvalue weighted by Crippen LogP contribution is 2.29. The van der Waals surface area contributed by atoms with E-state index in [-0.39, 0.29) is 5.78 Å². The van der Waals surface area contributed by atoms with Gasteiger partial charge in [0.25, 0.3) is 0 Å². The molecule has 0 radical (unpaired) electrons. The first kappa shape index (κ1) is 9.00. The zero-order chi connectivity index (χ0) is 9.97. The molecule has 1 aliphatic rings. The molecule has 14 heavy (non-hydrogen) atoms. The van der Waals surface area contributed by atoms with E-state index in [4.69, 9.17) is 4.74 Å². The quantitative estimate of drug-likeness (QED) is 0.526. The first-order valence-corrected chi connectivity index (χ1v) is 4.74. The van der Waals surface area contributed by atoms with Crippen LogP contribution in [0.3, 0.4) is 0 Å². The van der Waals surface area contributed by atoms with Gasteiger partial charge in [-0.05, 0) is 24.6 Å². The molecule has 2 heteroatoms. The van der Waals surface area contributed by atoms with Crippen LogP contribution in [0, 0.1) is 0 Å². The summed E-state index contributed by atoms with van der Waals surface area (Å²) in [4.78, 5) is 11.6. The van der Waals surface area contributed by atoms with Crippen molar-refractivity contribution in [2.45, 2.75) is 13.3 Å². The third kappa shape index (κ3) is 1.43. The molecule has 1 aromatic rings. The number of benzene rings is 1. The topological polar surface area (TPSA) is 26.3 Å². The average molecular weight is 188 g/mol. The van der Waals surface area contributed by atoms with Gasteiger partial charge in [0.2, 0.25) is 0 Å². The first-order chi connectivity index (χ1) is 6.83. The van der Waals surface area contributed by atoms with E-state index in [0.717, 1.165) is 17.7 Å². The van der Waals surface area contributed by atoms with Gasteiger partial charge in [-0.15, -0.1) is 0 Å². The van der Waals surface area contributed by atoms with Gasteiger partial charge in [0, 0.05) is 6.42 Å². The number of fused-ring (bicyclic) bond motifs is 1. The zero-order valence-corrected chi connectivity index (χ0v) is 8.12. The second-order valence-corrected chi connectivity index (χ2v) is 3.26. The van der Waals surface area contributed by atoms with Gasteiger partial charge in [-0.1, -0.05) is 18.2 Å². The molecule has 0 fully saturated rings. The molecule has 0 aliphatic carbocycles. The van der Waals surface area contributed by atoms with Crippen molar-refractivity contribution in [2.75, 3.05) is 6.61 Å². The Morgan fingerprint density at radius 1 is 1.50 bits per heavy atom. The number of hydrogen-bond donors (Lipinski definition) is 0. The Labute approximate surface area is 83.2 Å². The standard InChI is InChI=1S/C12H12O2/c1-2-4-11(13)10-6-3-5-9-7-8-14-12(9)10/h2-6H,7-8H2,1H3/b4-2+. The molecule has 0 saturated carbocycles. The lowest BCUT2D eigenvalue weighted by molar-refractivity contribution is 0.104. The molecule has 1 aromatic carbocycles. The highest BCUT2D eigenvalue weighted by atomic mass is 16.5. The second kappa shape index (κ2) is 3.66. The predicted molar refractivity (Wildman–Crippen MR) is 54.8 cm³/mol. The summed E-state index contributed by atoms with van der Waals surface area (Å²) in [6, 6.07) is 5.73. The van der Waals surface area contributed by atoms with E-state index >= 15 is 0 Å². The zero-order valence-electron chi connectivity index (χ0n) is 8.12. The van der Waals surface area contributed by atoms with Crippen molar-refractivity contribution >= 4 is 5.78 Å². The Morgan fingerprint density at radius 3 is 3.14 bits per heavy atom. The molecular weight excluding hydrogens is 176 g/mol. The van der Waals surface area contributed by atoms with Gasteiger partial charge in [0.1, 0.15) is 5.75 Å². The van der Waals surface area contributed by atoms with Crippen molar-refractivity contribution in [3.63, 3.8) is 0 Å². The Bertz CT molecular complexity index is 391. The van der Waals surface area contributed by atoms with Crippen LogP contribution in [0.1, 0.15) is 22.8 Å². The van der Waals surface area contributed by atoms with Gasteiger partial charge < -0.3 is 4.74 Å². The lowest BCUT2D eigenvalue weighted by Gasteiger charge is -2.03. The highest BCUT2D eigenvalue weighted by Gasteiger charge is 2.18. The van der Waals surface area contributed by atoms with Crippen molar-refractivity contribution in [3.8, 4) is 5.75 Å².